The fraction of sp³-hybridized carbons (Fsp3) is 0.526. The first kappa shape index (κ1) is 31.5. The molecule has 10 N–H and O–H groups in total. The minimum absolute atomic E-state index is 0.0380. The highest BCUT2D eigenvalue weighted by Gasteiger charge is 2.51. The smallest absolute Gasteiger partial charge is 0.394 e. The highest BCUT2D eigenvalue weighted by molar-refractivity contribution is 7.47. The minimum atomic E-state index is -5.27. The molecule has 0 saturated carbocycles. The van der Waals surface area contributed by atoms with Crippen molar-refractivity contribution >= 4 is 38.4 Å². The number of imidazole rings is 1. The van der Waals surface area contributed by atoms with Gasteiger partial charge in [-0.25, -0.2) is 28.9 Å². The second-order valence-electron chi connectivity index (χ2n) is 9.31. The first-order valence-corrected chi connectivity index (χ1v) is 15.2. The van der Waals surface area contributed by atoms with Crippen molar-refractivity contribution in [2.75, 3.05) is 24.7 Å². The van der Waals surface area contributed by atoms with Crippen LogP contribution < -0.4 is 17.2 Å². The van der Waals surface area contributed by atoms with Gasteiger partial charge in [0.2, 0.25) is 0 Å². The monoisotopic (exact) mass is 652 g/mol. The Bertz CT molecular complexity index is 1630. The number of aromatic nitrogens is 6. The molecule has 0 amide bonds. The van der Waals surface area contributed by atoms with Crippen molar-refractivity contribution in [3.8, 4) is 0 Å². The summed E-state index contributed by atoms with van der Waals surface area (Å²) in [5.74, 6) is -0.119. The Labute approximate surface area is 239 Å². The maximum atomic E-state index is 12.9. The molecule has 2 aliphatic rings. The first-order chi connectivity index (χ1) is 20.2. The molecule has 2 fully saturated rings. The molecule has 43 heavy (non-hydrogen) atoms. The van der Waals surface area contributed by atoms with Crippen LogP contribution in [-0.2, 0) is 32.2 Å². The number of phosphoric acid groups is 2. The number of ether oxygens (including phenoxy) is 2. The van der Waals surface area contributed by atoms with Gasteiger partial charge in [-0.3, -0.25) is 22.7 Å². The van der Waals surface area contributed by atoms with E-state index in [1.165, 1.54) is 17.0 Å². The second-order valence-corrected chi connectivity index (χ2v) is 11.9. The third kappa shape index (κ3) is 6.47. The zero-order valence-corrected chi connectivity index (χ0v) is 23.3. The fourth-order valence-electron chi connectivity index (χ4n) is 4.63. The summed E-state index contributed by atoms with van der Waals surface area (Å²) in [4.78, 5) is 56.7. The summed E-state index contributed by atoms with van der Waals surface area (Å²) in [6.45, 7) is -1.76. The number of aliphatic hydroxyl groups is 3. The van der Waals surface area contributed by atoms with Gasteiger partial charge < -0.3 is 50.9 Å². The summed E-state index contributed by atoms with van der Waals surface area (Å²) in [7, 11) is -10.4. The van der Waals surface area contributed by atoms with Crippen LogP contribution in [0.15, 0.2) is 29.7 Å². The molecule has 3 aromatic heterocycles. The van der Waals surface area contributed by atoms with E-state index >= 15 is 0 Å². The van der Waals surface area contributed by atoms with Gasteiger partial charge in [0.15, 0.2) is 23.9 Å². The van der Waals surface area contributed by atoms with Gasteiger partial charge in [0, 0.05) is 6.20 Å². The van der Waals surface area contributed by atoms with Gasteiger partial charge in [-0.1, -0.05) is 0 Å². The van der Waals surface area contributed by atoms with Gasteiger partial charge in [-0.05, 0) is 6.07 Å². The minimum Gasteiger partial charge on any atom is -0.394 e. The zero-order chi connectivity index (χ0) is 31.3. The van der Waals surface area contributed by atoms with Crippen molar-refractivity contribution in [3.05, 3.63) is 35.4 Å². The van der Waals surface area contributed by atoms with Crippen molar-refractivity contribution in [1.82, 2.24) is 29.1 Å². The Kier molecular flexibility index (Phi) is 8.68. The lowest BCUT2D eigenvalue weighted by atomic mass is 10.1. The Morgan fingerprint density at radius 1 is 0.953 bits per heavy atom. The van der Waals surface area contributed by atoms with Crippen LogP contribution in [0.1, 0.15) is 12.5 Å². The van der Waals surface area contributed by atoms with E-state index in [9.17, 15) is 43.9 Å². The van der Waals surface area contributed by atoms with Gasteiger partial charge in [0.25, 0.3) is 0 Å². The van der Waals surface area contributed by atoms with E-state index in [4.69, 9.17) is 30.0 Å². The van der Waals surface area contributed by atoms with Crippen molar-refractivity contribution in [2.24, 2.45) is 0 Å². The van der Waals surface area contributed by atoms with Crippen LogP contribution >= 0.6 is 15.6 Å². The highest BCUT2D eigenvalue weighted by atomic mass is 31.2. The highest BCUT2D eigenvalue weighted by Crippen LogP contribution is 2.50. The molecule has 9 unspecified atom stereocenters. The molecule has 22 nitrogen and oxygen atoms in total. The quantitative estimate of drug-likeness (QED) is 0.0996. The number of phosphoric ester groups is 2. The molecule has 0 aromatic carbocycles. The van der Waals surface area contributed by atoms with Crippen molar-refractivity contribution in [1.29, 1.82) is 0 Å². The Balaban J connectivity index is 1.31. The number of nitrogens with two attached hydrogens (primary N) is 2. The zero-order valence-electron chi connectivity index (χ0n) is 21.5. The number of hydrogen-bond donors (Lipinski definition) is 8. The first-order valence-electron chi connectivity index (χ1n) is 12.1. The average molecular weight is 652 g/mol. The summed E-state index contributed by atoms with van der Waals surface area (Å²) < 4.78 is 52.2. The predicted molar refractivity (Wildman–Crippen MR) is 137 cm³/mol. The van der Waals surface area contributed by atoms with Crippen LogP contribution in [0.3, 0.4) is 0 Å². The van der Waals surface area contributed by atoms with Crippen LogP contribution in [0, 0.1) is 0 Å². The molecule has 24 heteroatoms. The topological polar surface area (TPSA) is 332 Å². The number of nitrogen functional groups attached to an aromatic ring is 2. The Hall–Kier alpha value is -2.95. The van der Waals surface area contributed by atoms with E-state index in [-0.39, 0.29) is 22.8 Å². The molecule has 0 aliphatic carbocycles. The third-order valence-corrected chi connectivity index (χ3v) is 8.00. The number of fused-ring (bicyclic) bond motifs is 1. The number of aliphatic hydroxyl groups excluding tert-OH is 3. The summed E-state index contributed by atoms with van der Waals surface area (Å²) in [6, 6.07) is 1.18. The summed E-state index contributed by atoms with van der Waals surface area (Å²) in [5, 5.41) is 31.4. The third-order valence-electron chi connectivity index (χ3n) is 6.50. The molecule has 0 radical (unpaired) electrons. The molecule has 3 aromatic rings. The van der Waals surface area contributed by atoms with Gasteiger partial charge in [0.1, 0.15) is 54.3 Å². The fourth-order valence-corrected chi connectivity index (χ4v) is 6.17. The summed E-state index contributed by atoms with van der Waals surface area (Å²) >= 11 is 0. The van der Waals surface area contributed by atoms with Gasteiger partial charge in [-0.2, -0.15) is 4.98 Å². The molecule has 0 bridgehead atoms. The molecule has 5 rings (SSSR count). The molecule has 0 spiro atoms. The number of hydrogen-bond acceptors (Lipinski definition) is 17. The van der Waals surface area contributed by atoms with Crippen LogP contribution in [0.4, 0.5) is 11.6 Å². The lowest BCUT2D eigenvalue weighted by Crippen LogP contribution is -2.38. The maximum Gasteiger partial charge on any atom is 0.472 e. The molecule has 2 aliphatic heterocycles. The van der Waals surface area contributed by atoms with Gasteiger partial charge in [0.05, 0.1) is 19.5 Å². The second kappa shape index (κ2) is 11.9. The maximum absolute atomic E-state index is 12.9. The standard InChI is InChI=1S/C19H26N8O14P2/c20-9-1-2-26(19(31)25-9)17-12(30)14(40-42(32,33)34)8(39-17)4-37-43(35,36)41-13-7(3-28)38-18(11(13)29)27-6-24-10-15(21)22-5-23-16(10)27/h1-2,5-8,11-14,17-18,28-30H,3-4H2,(H,35,36)(H2,20,25,31)(H2,21,22,23)(H2,32,33,34). The number of anilines is 2. The van der Waals surface area contributed by atoms with E-state index in [2.05, 4.69) is 24.5 Å². The molecule has 236 valence electrons. The van der Waals surface area contributed by atoms with Crippen molar-refractivity contribution in [3.63, 3.8) is 0 Å². The van der Waals surface area contributed by atoms with E-state index in [0.29, 0.717) is 0 Å². The molecule has 5 heterocycles. The predicted octanol–water partition coefficient (Wildman–Crippen LogP) is -3.26. The van der Waals surface area contributed by atoms with Gasteiger partial charge >= 0.3 is 21.3 Å². The summed E-state index contributed by atoms with van der Waals surface area (Å²) in [6.07, 6.45) is -9.65. The van der Waals surface area contributed by atoms with Crippen LogP contribution in [0.5, 0.6) is 0 Å². The SMILES string of the molecule is Nc1ccn(C2OC(COP(=O)(O)OC3C(CO)OC(n4cnc5c(N)ncnc54)C3O)C(OP(=O)(O)O)C2O)c(=O)n1. The lowest BCUT2D eigenvalue weighted by Gasteiger charge is -2.24. The van der Waals surface area contributed by atoms with Crippen LogP contribution in [-0.4, -0.2) is 109 Å². The Morgan fingerprint density at radius 3 is 2.26 bits per heavy atom. The lowest BCUT2D eigenvalue weighted by molar-refractivity contribution is -0.0607. The van der Waals surface area contributed by atoms with Crippen LogP contribution in [0.25, 0.3) is 11.2 Å². The number of nitrogens with zero attached hydrogens (tertiary/aromatic N) is 6. The summed E-state index contributed by atoms with van der Waals surface area (Å²) in [5.41, 5.74) is 10.6. The van der Waals surface area contributed by atoms with Gasteiger partial charge in [-0.15, -0.1) is 0 Å². The molecule has 2 saturated heterocycles. The normalized spacial score (nSPS) is 31.0. The van der Waals surface area contributed by atoms with Crippen LogP contribution in [0.2, 0.25) is 0 Å². The van der Waals surface area contributed by atoms with Crippen molar-refractivity contribution < 1.29 is 62.2 Å². The average Bonchev–Trinajstić information content (AvgIpc) is 3.57. The van der Waals surface area contributed by atoms with E-state index in [1.54, 1.807) is 0 Å². The Morgan fingerprint density at radius 2 is 1.60 bits per heavy atom. The molecular weight excluding hydrogens is 626 g/mol. The molecular formula is C19H26N8O14P2. The van der Waals surface area contributed by atoms with Crippen molar-refractivity contribution in [2.45, 2.75) is 49.1 Å². The largest absolute Gasteiger partial charge is 0.472 e. The van der Waals surface area contributed by atoms with E-state index in [0.717, 1.165) is 17.1 Å². The number of rotatable bonds is 10. The van der Waals surface area contributed by atoms with E-state index in [1.807, 2.05) is 0 Å². The van der Waals surface area contributed by atoms with E-state index < -0.39 is 83.6 Å². The molecule has 9 atom stereocenters.